The largest absolute Gasteiger partial charge is 0.282 e. The normalized spacial score (nSPS) is 15.2. The molecule has 1 fully saturated rings. The molecule has 5 rings (SSSR count). The summed E-state index contributed by atoms with van der Waals surface area (Å²) >= 11 is 1.44. The van der Waals surface area contributed by atoms with Crippen molar-refractivity contribution in [2.45, 2.75) is 38.1 Å². The molecule has 2 aromatic carbocycles. The first-order valence-electron chi connectivity index (χ1n) is 12.2. The Balaban J connectivity index is 1.39. The van der Waals surface area contributed by atoms with Crippen molar-refractivity contribution in [2.24, 2.45) is 5.92 Å². The van der Waals surface area contributed by atoms with Gasteiger partial charge in [-0.25, -0.2) is 22.2 Å². The summed E-state index contributed by atoms with van der Waals surface area (Å²) in [5.41, 5.74) is 3.75. The minimum Gasteiger partial charge on any atom is -0.282 e. The Morgan fingerprint density at radius 2 is 1.84 bits per heavy atom. The fraction of sp³-hybridized carbons (Fsp3) is 0.296. The average Bonchev–Trinajstić information content (AvgIpc) is 3.36. The van der Waals surface area contributed by atoms with Crippen LogP contribution in [0.25, 0.3) is 10.2 Å². The fourth-order valence-electron chi connectivity index (χ4n) is 4.57. The van der Waals surface area contributed by atoms with E-state index in [1.165, 1.54) is 15.6 Å². The number of benzene rings is 2. The van der Waals surface area contributed by atoms with E-state index in [4.69, 9.17) is 4.98 Å². The van der Waals surface area contributed by atoms with Crippen molar-refractivity contribution in [2.75, 3.05) is 18.0 Å². The summed E-state index contributed by atoms with van der Waals surface area (Å²) in [5, 5.41) is 0.571. The van der Waals surface area contributed by atoms with Gasteiger partial charge >= 0.3 is 0 Å². The van der Waals surface area contributed by atoms with Crippen molar-refractivity contribution in [3.63, 3.8) is 0 Å². The van der Waals surface area contributed by atoms with Gasteiger partial charge in [0.2, 0.25) is 15.9 Å². The highest BCUT2D eigenvalue weighted by atomic mass is 32.2. The molecule has 0 spiro atoms. The molecule has 7 nitrogen and oxygen atoms in total. The molecule has 1 aliphatic heterocycles. The molecule has 1 saturated heterocycles. The monoisotopic (exact) mass is 556 g/mol. The van der Waals surface area contributed by atoms with Crippen LogP contribution in [-0.4, -0.2) is 41.7 Å². The maximum atomic E-state index is 13.8. The van der Waals surface area contributed by atoms with Gasteiger partial charge in [0.25, 0.3) is 0 Å². The van der Waals surface area contributed by atoms with Gasteiger partial charge in [0.15, 0.2) is 16.8 Å². The first kappa shape index (κ1) is 26.3. The average molecular weight is 557 g/mol. The second-order valence-corrected chi connectivity index (χ2v) is 12.3. The minimum absolute atomic E-state index is 0.0906. The van der Waals surface area contributed by atoms with Crippen molar-refractivity contribution >= 4 is 42.6 Å². The van der Waals surface area contributed by atoms with Crippen molar-refractivity contribution in [1.29, 1.82) is 0 Å². The standard InChI is InChI=1S/C27H26F2N4O3S2/c1-17-6-9-24-25(18(17)2)31-27(37-24)33(16-20-5-3-4-12-30-20)26(34)19-10-13-32(14-11-19)38(35,36)21-7-8-22(28)23(29)15-21/h3-9,12,15,19H,10-11,13-14,16H2,1-2H3. The highest BCUT2D eigenvalue weighted by Crippen LogP contribution is 2.35. The van der Waals surface area contributed by atoms with Crippen LogP contribution in [0.4, 0.5) is 13.9 Å². The molecule has 198 valence electrons. The Hall–Kier alpha value is -3.28. The van der Waals surface area contributed by atoms with Crippen LogP contribution in [0, 0.1) is 31.4 Å². The van der Waals surface area contributed by atoms with Crippen LogP contribution in [0.1, 0.15) is 29.7 Å². The Labute approximate surface area is 223 Å². The molecule has 4 aromatic rings. The van der Waals surface area contributed by atoms with E-state index in [0.717, 1.165) is 33.5 Å². The molecule has 2 aromatic heterocycles. The second-order valence-electron chi connectivity index (χ2n) is 9.35. The molecule has 0 unspecified atom stereocenters. The molecule has 0 atom stereocenters. The quantitative estimate of drug-likeness (QED) is 0.325. The van der Waals surface area contributed by atoms with Crippen molar-refractivity contribution in [1.82, 2.24) is 14.3 Å². The van der Waals surface area contributed by atoms with E-state index in [0.29, 0.717) is 29.7 Å². The van der Waals surface area contributed by atoms with Crippen LogP contribution in [0.2, 0.25) is 0 Å². The Morgan fingerprint density at radius 3 is 2.53 bits per heavy atom. The number of piperidine rings is 1. The van der Waals surface area contributed by atoms with E-state index in [1.54, 1.807) is 11.1 Å². The van der Waals surface area contributed by atoms with Crippen LogP contribution < -0.4 is 4.90 Å². The number of hydrogen-bond donors (Lipinski definition) is 0. The Kier molecular flexibility index (Phi) is 7.26. The Morgan fingerprint density at radius 1 is 1.08 bits per heavy atom. The highest BCUT2D eigenvalue weighted by Gasteiger charge is 2.35. The number of aromatic nitrogens is 2. The molecule has 0 aliphatic carbocycles. The molecule has 1 amide bonds. The molecule has 0 N–H and O–H groups in total. The molecule has 0 saturated carbocycles. The molecular formula is C27H26F2N4O3S2. The number of fused-ring (bicyclic) bond motifs is 1. The van der Waals surface area contributed by atoms with Crippen molar-refractivity contribution in [3.05, 3.63) is 83.2 Å². The zero-order valence-electron chi connectivity index (χ0n) is 20.9. The highest BCUT2D eigenvalue weighted by molar-refractivity contribution is 7.89. The lowest BCUT2D eigenvalue weighted by Gasteiger charge is -2.33. The van der Waals surface area contributed by atoms with Gasteiger partial charge in [-0.3, -0.25) is 14.7 Å². The van der Waals surface area contributed by atoms with E-state index < -0.39 is 27.6 Å². The molecule has 0 radical (unpaired) electrons. The SMILES string of the molecule is Cc1ccc2sc(N(Cc3ccccn3)C(=O)C3CCN(S(=O)(=O)c4ccc(F)c(F)c4)CC3)nc2c1C. The summed E-state index contributed by atoms with van der Waals surface area (Å²) in [5.74, 6) is -2.90. The van der Waals surface area contributed by atoms with Gasteiger partial charge < -0.3 is 0 Å². The van der Waals surface area contributed by atoms with Crippen molar-refractivity contribution in [3.8, 4) is 0 Å². The van der Waals surface area contributed by atoms with Gasteiger partial charge in [-0.1, -0.05) is 23.5 Å². The predicted molar refractivity (Wildman–Crippen MR) is 142 cm³/mol. The first-order valence-corrected chi connectivity index (χ1v) is 14.4. The third-order valence-corrected chi connectivity index (χ3v) is 9.89. The zero-order chi connectivity index (χ0) is 27.0. The number of anilines is 1. The van der Waals surface area contributed by atoms with Gasteiger partial charge in [0.05, 0.1) is 27.4 Å². The minimum atomic E-state index is -4.02. The van der Waals surface area contributed by atoms with Crippen LogP contribution in [0.3, 0.4) is 0 Å². The molecular weight excluding hydrogens is 530 g/mol. The van der Waals surface area contributed by atoms with Crippen LogP contribution in [0.5, 0.6) is 0 Å². The lowest BCUT2D eigenvalue weighted by atomic mass is 9.96. The summed E-state index contributed by atoms with van der Waals surface area (Å²) in [6.45, 7) is 4.45. The third-order valence-electron chi connectivity index (χ3n) is 6.95. The van der Waals surface area contributed by atoms with E-state index in [9.17, 15) is 22.0 Å². The van der Waals surface area contributed by atoms with Crippen molar-refractivity contribution < 1.29 is 22.0 Å². The number of hydrogen-bond acceptors (Lipinski definition) is 6. The summed E-state index contributed by atoms with van der Waals surface area (Å²) in [6, 6.07) is 12.1. The number of aryl methyl sites for hydroxylation is 2. The van der Waals surface area contributed by atoms with Crippen LogP contribution >= 0.6 is 11.3 Å². The molecule has 0 bridgehead atoms. The first-order chi connectivity index (χ1) is 18.1. The van der Waals surface area contributed by atoms with Gasteiger partial charge in [0, 0.05) is 25.2 Å². The maximum Gasteiger partial charge on any atom is 0.243 e. The maximum absolute atomic E-state index is 13.8. The van der Waals surface area contributed by atoms with Gasteiger partial charge in [-0.15, -0.1) is 0 Å². The second kappa shape index (κ2) is 10.5. The third kappa shape index (κ3) is 5.05. The number of pyridine rings is 1. The van der Waals surface area contributed by atoms with E-state index in [2.05, 4.69) is 4.98 Å². The number of rotatable bonds is 6. The molecule has 3 heterocycles. The Bertz CT molecular complexity index is 1600. The predicted octanol–water partition coefficient (Wildman–Crippen LogP) is 5.22. The zero-order valence-corrected chi connectivity index (χ0v) is 22.5. The number of nitrogens with zero attached hydrogens (tertiary/aromatic N) is 4. The van der Waals surface area contributed by atoms with E-state index in [1.807, 2.05) is 44.2 Å². The van der Waals surface area contributed by atoms with Gasteiger partial charge in [-0.05, 0) is 74.2 Å². The molecule has 38 heavy (non-hydrogen) atoms. The summed E-state index contributed by atoms with van der Waals surface area (Å²) in [4.78, 5) is 24.4. The van der Waals surface area contributed by atoms with E-state index in [-0.39, 0.29) is 30.4 Å². The number of halogens is 2. The van der Waals surface area contributed by atoms with Gasteiger partial charge in [-0.2, -0.15) is 4.31 Å². The molecule has 11 heteroatoms. The summed E-state index contributed by atoms with van der Waals surface area (Å²) in [7, 11) is -4.02. The van der Waals surface area contributed by atoms with Crippen LogP contribution in [-0.2, 0) is 21.4 Å². The topological polar surface area (TPSA) is 83.5 Å². The lowest BCUT2D eigenvalue weighted by molar-refractivity contribution is -0.123. The summed E-state index contributed by atoms with van der Waals surface area (Å²) < 4.78 is 55.2. The van der Waals surface area contributed by atoms with Crippen LogP contribution in [0.15, 0.2) is 59.6 Å². The number of carbonyl (C=O) groups excluding carboxylic acids is 1. The number of carbonyl (C=O) groups is 1. The van der Waals surface area contributed by atoms with Gasteiger partial charge in [0.1, 0.15) is 0 Å². The lowest BCUT2D eigenvalue weighted by Crippen LogP contribution is -2.44. The smallest absolute Gasteiger partial charge is 0.243 e. The van der Waals surface area contributed by atoms with E-state index >= 15 is 0 Å². The number of thiazole rings is 1. The summed E-state index contributed by atoms with van der Waals surface area (Å²) in [6.07, 6.45) is 2.26. The fourth-order valence-corrected chi connectivity index (χ4v) is 7.09. The number of sulfonamides is 1. The molecule has 1 aliphatic rings. The number of amides is 1.